The van der Waals surface area contributed by atoms with Crippen molar-refractivity contribution in [1.29, 1.82) is 0 Å². The number of carbonyl (C=O) groups is 1. The van der Waals surface area contributed by atoms with Crippen LogP contribution in [0, 0.1) is 5.92 Å². The number of nitrogens with zero attached hydrogens (tertiary/aromatic N) is 1. The first-order chi connectivity index (χ1) is 11.0. The van der Waals surface area contributed by atoms with Gasteiger partial charge in [0.1, 0.15) is 0 Å². The Hall–Kier alpha value is -1.75. The van der Waals surface area contributed by atoms with E-state index in [1.165, 1.54) is 0 Å². The first-order valence-electron chi connectivity index (χ1n) is 8.25. The highest BCUT2D eigenvalue weighted by Gasteiger charge is 2.23. The largest absolute Gasteiger partial charge is 0.493 e. The van der Waals surface area contributed by atoms with Crippen molar-refractivity contribution in [2.24, 2.45) is 5.92 Å². The average Bonchev–Trinajstić information content (AvgIpc) is 2.54. The predicted molar refractivity (Wildman–Crippen MR) is 91.1 cm³/mol. The number of hydrogen-bond acceptors (Lipinski definition) is 4. The second kappa shape index (κ2) is 8.20. The van der Waals surface area contributed by atoms with Crippen LogP contribution < -0.4 is 14.8 Å². The van der Waals surface area contributed by atoms with Gasteiger partial charge in [0.15, 0.2) is 11.5 Å². The summed E-state index contributed by atoms with van der Waals surface area (Å²) in [6, 6.07) is 6.05. The van der Waals surface area contributed by atoms with Gasteiger partial charge in [0.25, 0.3) is 0 Å². The molecule has 0 radical (unpaired) electrons. The molecule has 0 saturated carbocycles. The number of piperazine rings is 1. The van der Waals surface area contributed by atoms with Gasteiger partial charge < -0.3 is 19.7 Å². The standard InChI is InChI=1S/C18H28N2O3/c1-13(2)9-15-12-20(8-7-19-15)18(21)11-14-5-6-16(22-3)17(10-14)23-4/h5-6,10,13,15,19H,7-9,11-12H2,1-4H3. The topological polar surface area (TPSA) is 50.8 Å². The van der Waals surface area contributed by atoms with Gasteiger partial charge in [-0.1, -0.05) is 19.9 Å². The van der Waals surface area contributed by atoms with E-state index in [2.05, 4.69) is 19.2 Å². The zero-order chi connectivity index (χ0) is 16.8. The fourth-order valence-corrected chi connectivity index (χ4v) is 3.06. The van der Waals surface area contributed by atoms with E-state index in [0.717, 1.165) is 31.6 Å². The SMILES string of the molecule is COc1ccc(CC(=O)N2CCNC(CC(C)C)C2)cc1OC. The van der Waals surface area contributed by atoms with E-state index in [4.69, 9.17) is 9.47 Å². The fraction of sp³-hybridized carbons (Fsp3) is 0.611. The number of ether oxygens (including phenoxy) is 2. The van der Waals surface area contributed by atoms with Gasteiger partial charge in [-0.2, -0.15) is 0 Å². The zero-order valence-corrected chi connectivity index (χ0v) is 14.6. The summed E-state index contributed by atoms with van der Waals surface area (Å²) in [5.74, 6) is 2.15. The first kappa shape index (κ1) is 17.6. The van der Waals surface area contributed by atoms with E-state index in [-0.39, 0.29) is 5.91 Å². The van der Waals surface area contributed by atoms with Crippen LogP contribution >= 0.6 is 0 Å². The summed E-state index contributed by atoms with van der Waals surface area (Å²) in [5, 5.41) is 3.50. The van der Waals surface area contributed by atoms with Crippen LogP contribution in [0.5, 0.6) is 11.5 Å². The molecule has 23 heavy (non-hydrogen) atoms. The van der Waals surface area contributed by atoms with Crippen molar-refractivity contribution in [3.05, 3.63) is 23.8 Å². The van der Waals surface area contributed by atoms with Gasteiger partial charge >= 0.3 is 0 Å². The number of amides is 1. The lowest BCUT2D eigenvalue weighted by atomic mass is 10.0. The minimum absolute atomic E-state index is 0.174. The van der Waals surface area contributed by atoms with Crippen molar-refractivity contribution in [3.8, 4) is 11.5 Å². The molecule has 1 amide bonds. The Kier molecular flexibility index (Phi) is 6.28. The molecule has 1 saturated heterocycles. The third-order valence-corrected chi connectivity index (χ3v) is 4.17. The molecule has 0 spiro atoms. The molecule has 1 aliphatic rings. The molecule has 2 rings (SSSR count). The Morgan fingerprint density at radius 1 is 1.30 bits per heavy atom. The lowest BCUT2D eigenvalue weighted by Gasteiger charge is -2.34. The Morgan fingerprint density at radius 3 is 2.70 bits per heavy atom. The van der Waals surface area contributed by atoms with E-state index in [0.29, 0.717) is 29.9 Å². The molecule has 1 aromatic carbocycles. The maximum Gasteiger partial charge on any atom is 0.227 e. The molecule has 1 heterocycles. The van der Waals surface area contributed by atoms with Gasteiger partial charge in [-0.25, -0.2) is 0 Å². The predicted octanol–water partition coefficient (Wildman–Crippen LogP) is 2.09. The van der Waals surface area contributed by atoms with Crippen LogP contribution in [-0.4, -0.2) is 50.7 Å². The van der Waals surface area contributed by atoms with Gasteiger partial charge in [-0.05, 0) is 30.0 Å². The molecule has 0 bridgehead atoms. The third-order valence-electron chi connectivity index (χ3n) is 4.17. The smallest absolute Gasteiger partial charge is 0.227 e. The molecule has 0 aromatic heterocycles. The maximum atomic E-state index is 12.6. The van der Waals surface area contributed by atoms with Crippen LogP contribution in [0.25, 0.3) is 0 Å². The van der Waals surface area contributed by atoms with Crippen LogP contribution in [0.4, 0.5) is 0 Å². The number of nitrogens with one attached hydrogen (secondary N) is 1. The molecular formula is C18H28N2O3. The molecule has 1 fully saturated rings. The number of carbonyl (C=O) groups excluding carboxylic acids is 1. The summed E-state index contributed by atoms with van der Waals surface area (Å²) >= 11 is 0. The summed E-state index contributed by atoms with van der Waals surface area (Å²) in [4.78, 5) is 14.6. The highest BCUT2D eigenvalue weighted by Crippen LogP contribution is 2.27. The Morgan fingerprint density at radius 2 is 2.04 bits per heavy atom. The molecule has 1 atom stereocenters. The summed E-state index contributed by atoms with van der Waals surface area (Å²) in [6.45, 7) is 6.87. The first-order valence-corrected chi connectivity index (χ1v) is 8.25. The number of hydrogen-bond donors (Lipinski definition) is 1. The molecule has 1 aromatic rings. The lowest BCUT2D eigenvalue weighted by Crippen LogP contribution is -2.53. The second-order valence-corrected chi connectivity index (χ2v) is 6.49. The summed E-state index contributed by atoms with van der Waals surface area (Å²) in [7, 11) is 3.22. The van der Waals surface area contributed by atoms with Crippen molar-refractivity contribution < 1.29 is 14.3 Å². The molecule has 1 N–H and O–H groups in total. The quantitative estimate of drug-likeness (QED) is 0.872. The van der Waals surface area contributed by atoms with Crippen molar-refractivity contribution in [2.75, 3.05) is 33.9 Å². The van der Waals surface area contributed by atoms with Gasteiger partial charge in [0.05, 0.1) is 20.6 Å². The lowest BCUT2D eigenvalue weighted by molar-refractivity contribution is -0.131. The Bertz CT molecular complexity index is 531. The Labute approximate surface area is 139 Å². The van der Waals surface area contributed by atoms with E-state index < -0.39 is 0 Å². The zero-order valence-electron chi connectivity index (χ0n) is 14.6. The van der Waals surface area contributed by atoms with Crippen molar-refractivity contribution in [2.45, 2.75) is 32.7 Å². The fourth-order valence-electron chi connectivity index (χ4n) is 3.06. The molecule has 1 unspecified atom stereocenters. The summed E-state index contributed by atoms with van der Waals surface area (Å²) in [5.41, 5.74) is 0.951. The highest BCUT2D eigenvalue weighted by molar-refractivity contribution is 5.79. The van der Waals surface area contributed by atoms with Crippen molar-refractivity contribution in [3.63, 3.8) is 0 Å². The van der Waals surface area contributed by atoms with Crippen LogP contribution in [0.1, 0.15) is 25.8 Å². The average molecular weight is 320 g/mol. The number of benzene rings is 1. The van der Waals surface area contributed by atoms with Crippen LogP contribution in [0.3, 0.4) is 0 Å². The monoisotopic (exact) mass is 320 g/mol. The minimum atomic E-state index is 0.174. The van der Waals surface area contributed by atoms with Crippen molar-refractivity contribution >= 4 is 5.91 Å². The minimum Gasteiger partial charge on any atom is -0.493 e. The van der Waals surface area contributed by atoms with Crippen LogP contribution in [0.2, 0.25) is 0 Å². The number of rotatable bonds is 6. The molecule has 0 aliphatic carbocycles. The third kappa shape index (κ3) is 4.86. The van der Waals surface area contributed by atoms with Gasteiger partial charge in [0.2, 0.25) is 5.91 Å². The number of methoxy groups -OCH3 is 2. The van der Waals surface area contributed by atoms with Gasteiger partial charge in [-0.15, -0.1) is 0 Å². The Balaban J connectivity index is 1.98. The highest BCUT2D eigenvalue weighted by atomic mass is 16.5. The van der Waals surface area contributed by atoms with Crippen LogP contribution in [-0.2, 0) is 11.2 Å². The summed E-state index contributed by atoms with van der Waals surface area (Å²) in [6.07, 6.45) is 1.49. The molecule has 1 aliphatic heterocycles. The summed E-state index contributed by atoms with van der Waals surface area (Å²) < 4.78 is 10.5. The normalized spacial score (nSPS) is 18.1. The van der Waals surface area contributed by atoms with Crippen LogP contribution in [0.15, 0.2) is 18.2 Å². The molecule has 128 valence electrons. The van der Waals surface area contributed by atoms with E-state index >= 15 is 0 Å². The maximum absolute atomic E-state index is 12.6. The molecule has 5 nitrogen and oxygen atoms in total. The second-order valence-electron chi connectivity index (χ2n) is 6.49. The van der Waals surface area contributed by atoms with E-state index in [9.17, 15) is 4.79 Å². The van der Waals surface area contributed by atoms with E-state index in [1.54, 1.807) is 14.2 Å². The molecular weight excluding hydrogens is 292 g/mol. The van der Waals surface area contributed by atoms with Gasteiger partial charge in [0, 0.05) is 25.7 Å². The molecule has 5 heteroatoms. The van der Waals surface area contributed by atoms with Crippen molar-refractivity contribution in [1.82, 2.24) is 10.2 Å². The van der Waals surface area contributed by atoms with Gasteiger partial charge in [-0.3, -0.25) is 4.79 Å². The van der Waals surface area contributed by atoms with E-state index in [1.807, 2.05) is 23.1 Å².